The van der Waals surface area contributed by atoms with Crippen LogP contribution in [-0.2, 0) is 0 Å². The van der Waals surface area contributed by atoms with E-state index >= 15 is 0 Å². The van der Waals surface area contributed by atoms with Gasteiger partial charge in [-0.05, 0) is 31.4 Å². The highest BCUT2D eigenvalue weighted by molar-refractivity contribution is 5.95. The fourth-order valence-electron chi connectivity index (χ4n) is 2.43. The molecule has 0 radical (unpaired) electrons. The molecule has 0 aliphatic carbocycles. The molecule has 1 aliphatic heterocycles. The van der Waals surface area contributed by atoms with Gasteiger partial charge in [-0.25, -0.2) is 0 Å². The van der Waals surface area contributed by atoms with Gasteiger partial charge in [0.1, 0.15) is 0 Å². The maximum atomic E-state index is 12.4. The summed E-state index contributed by atoms with van der Waals surface area (Å²) in [5.41, 5.74) is 1.95. The van der Waals surface area contributed by atoms with Crippen LogP contribution in [0.15, 0.2) is 24.3 Å². The summed E-state index contributed by atoms with van der Waals surface area (Å²) in [6.07, 6.45) is 6.15. The van der Waals surface area contributed by atoms with Crippen molar-refractivity contribution in [2.24, 2.45) is 0 Å². The fraction of sp³-hybridized carbons (Fsp3) is 0.533. The number of hydrogen-bond acceptors (Lipinski definition) is 1. The molecule has 1 heterocycles. The molecule has 2 nitrogen and oxygen atoms in total. The van der Waals surface area contributed by atoms with E-state index in [1.807, 2.05) is 36.1 Å². The van der Waals surface area contributed by atoms with Gasteiger partial charge in [-0.15, -0.1) is 0 Å². The Bertz CT molecular complexity index is 378. The second-order valence-electron chi connectivity index (χ2n) is 4.87. The number of carbonyl (C=O) groups is 1. The normalized spacial score (nSPS) is 17.4. The van der Waals surface area contributed by atoms with Gasteiger partial charge in [0, 0.05) is 18.7 Å². The van der Waals surface area contributed by atoms with Crippen LogP contribution in [0.25, 0.3) is 0 Å². The molecule has 1 amide bonds. The predicted molar refractivity (Wildman–Crippen MR) is 70.2 cm³/mol. The van der Waals surface area contributed by atoms with Crippen LogP contribution in [0.2, 0.25) is 0 Å². The van der Waals surface area contributed by atoms with Crippen LogP contribution >= 0.6 is 0 Å². The lowest BCUT2D eigenvalue weighted by Gasteiger charge is -2.25. The first-order valence-corrected chi connectivity index (χ1v) is 6.64. The molecule has 0 N–H and O–H groups in total. The van der Waals surface area contributed by atoms with E-state index in [1.165, 1.54) is 19.3 Å². The smallest absolute Gasteiger partial charge is 0.254 e. The van der Waals surface area contributed by atoms with Gasteiger partial charge in [0.15, 0.2) is 0 Å². The van der Waals surface area contributed by atoms with Gasteiger partial charge in [-0.1, -0.05) is 37.5 Å². The Morgan fingerprint density at radius 1 is 1.00 bits per heavy atom. The number of amides is 1. The van der Waals surface area contributed by atoms with Crippen LogP contribution in [0.1, 0.15) is 48.0 Å². The summed E-state index contributed by atoms with van der Waals surface area (Å²) in [6.45, 7) is 3.86. The molecule has 1 aliphatic rings. The first kappa shape index (κ1) is 12.2. The van der Waals surface area contributed by atoms with Crippen LogP contribution in [0.5, 0.6) is 0 Å². The summed E-state index contributed by atoms with van der Waals surface area (Å²) in [6, 6.07) is 7.89. The third kappa shape index (κ3) is 3.09. The van der Waals surface area contributed by atoms with E-state index in [-0.39, 0.29) is 5.91 Å². The summed E-state index contributed by atoms with van der Waals surface area (Å²) in [4.78, 5) is 14.4. The summed E-state index contributed by atoms with van der Waals surface area (Å²) >= 11 is 0. The Kier molecular flexibility index (Phi) is 4.18. The van der Waals surface area contributed by atoms with Gasteiger partial charge < -0.3 is 4.90 Å². The molecule has 1 aromatic rings. The van der Waals surface area contributed by atoms with Crippen molar-refractivity contribution in [1.29, 1.82) is 0 Å². The molecule has 2 heteroatoms. The van der Waals surface area contributed by atoms with Crippen LogP contribution < -0.4 is 0 Å². The minimum absolute atomic E-state index is 0.213. The molecule has 17 heavy (non-hydrogen) atoms. The van der Waals surface area contributed by atoms with E-state index in [9.17, 15) is 4.79 Å². The highest BCUT2D eigenvalue weighted by Crippen LogP contribution is 2.15. The van der Waals surface area contributed by atoms with Crippen LogP contribution in [0, 0.1) is 6.92 Å². The number of rotatable bonds is 1. The zero-order valence-electron chi connectivity index (χ0n) is 10.6. The summed E-state index contributed by atoms with van der Waals surface area (Å²) in [5, 5.41) is 0. The van der Waals surface area contributed by atoms with Crippen molar-refractivity contribution in [3.63, 3.8) is 0 Å². The largest absolute Gasteiger partial charge is 0.339 e. The summed E-state index contributed by atoms with van der Waals surface area (Å²) in [7, 11) is 0. The molecule has 1 saturated heterocycles. The molecule has 2 rings (SSSR count). The van der Waals surface area contributed by atoms with Crippen molar-refractivity contribution in [2.75, 3.05) is 13.1 Å². The Morgan fingerprint density at radius 3 is 2.24 bits per heavy atom. The molecule has 92 valence electrons. The lowest BCUT2D eigenvalue weighted by Crippen LogP contribution is -2.34. The standard InChI is InChI=1S/C15H21NO/c1-13-9-5-6-10-14(13)15(17)16-11-7-3-2-4-8-12-16/h5-6,9-10H,2-4,7-8,11-12H2,1H3. The Labute approximate surface area is 104 Å². The third-order valence-electron chi connectivity index (χ3n) is 3.52. The predicted octanol–water partition coefficient (Wildman–Crippen LogP) is 3.40. The third-order valence-corrected chi connectivity index (χ3v) is 3.52. The summed E-state index contributed by atoms with van der Waals surface area (Å²) in [5.74, 6) is 0.213. The fourth-order valence-corrected chi connectivity index (χ4v) is 2.43. The van der Waals surface area contributed by atoms with Crippen molar-refractivity contribution in [1.82, 2.24) is 4.90 Å². The molecule has 1 aromatic carbocycles. The number of aryl methyl sites for hydroxylation is 1. The molecule has 0 unspecified atom stereocenters. The molecule has 0 aromatic heterocycles. The molecule has 0 saturated carbocycles. The number of hydrogen-bond donors (Lipinski definition) is 0. The topological polar surface area (TPSA) is 20.3 Å². The molecule has 1 fully saturated rings. The zero-order valence-corrected chi connectivity index (χ0v) is 10.6. The summed E-state index contributed by atoms with van der Waals surface area (Å²) < 4.78 is 0. The van der Waals surface area contributed by atoms with Crippen LogP contribution in [0.3, 0.4) is 0 Å². The average Bonchev–Trinajstić information content (AvgIpc) is 2.28. The molecule has 0 atom stereocenters. The van der Waals surface area contributed by atoms with E-state index < -0.39 is 0 Å². The maximum Gasteiger partial charge on any atom is 0.254 e. The minimum atomic E-state index is 0.213. The van der Waals surface area contributed by atoms with Crippen molar-refractivity contribution in [3.8, 4) is 0 Å². The lowest BCUT2D eigenvalue weighted by molar-refractivity contribution is 0.0741. The van der Waals surface area contributed by atoms with Crippen molar-refractivity contribution < 1.29 is 4.79 Å². The highest BCUT2D eigenvalue weighted by Gasteiger charge is 2.17. The highest BCUT2D eigenvalue weighted by atomic mass is 16.2. The van der Waals surface area contributed by atoms with Gasteiger partial charge in [-0.3, -0.25) is 4.79 Å². The van der Waals surface area contributed by atoms with Crippen LogP contribution in [-0.4, -0.2) is 23.9 Å². The number of nitrogens with zero attached hydrogens (tertiary/aromatic N) is 1. The Morgan fingerprint density at radius 2 is 1.59 bits per heavy atom. The van der Waals surface area contributed by atoms with E-state index in [4.69, 9.17) is 0 Å². The lowest BCUT2D eigenvalue weighted by atomic mass is 10.0. The van der Waals surface area contributed by atoms with Crippen molar-refractivity contribution in [2.45, 2.75) is 39.0 Å². The minimum Gasteiger partial charge on any atom is -0.339 e. The number of benzene rings is 1. The Balaban J connectivity index is 2.10. The van der Waals surface area contributed by atoms with E-state index in [0.29, 0.717) is 0 Å². The van der Waals surface area contributed by atoms with Crippen LogP contribution in [0.4, 0.5) is 0 Å². The SMILES string of the molecule is Cc1ccccc1C(=O)N1CCCCCCC1. The molecule has 0 bridgehead atoms. The molecular formula is C15H21NO. The average molecular weight is 231 g/mol. The van der Waals surface area contributed by atoms with Crippen molar-refractivity contribution in [3.05, 3.63) is 35.4 Å². The van der Waals surface area contributed by atoms with Gasteiger partial charge >= 0.3 is 0 Å². The molecular weight excluding hydrogens is 210 g/mol. The Hall–Kier alpha value is -1.31. The number of carbonyl (C=O) groups excluding carboxylic acids is 1. The first-order chi connectivity index (χ1) is 8.29. The zero-order chi connectivity index (χ0) is 12.1. The number of likely N-dealkylation sites (tertiary alicyclic amines) is 1. The second-order valence-corrected chi connectivity index (χ2v) is 4.87. The van der Waals surface area contributed by atoms with E-state index in [1.54, 1.807) is 0 Å². The monoisotopic (exact) mass is 231 g/mol. The second kappa shape index (κ2) is 5.85. The van der Waals surface area contributed by atoms with Gasteiger partial charge in [-0.2, -0.15) is 0 Å². The van der Waals surface area contributed by atoms with Crippen molar-refractivity contribution >= 4 is 5.91 Å². The maximum absolute atomic E-state index is 12.4. The van der Waals surface area contributed by atoms with E-state index in [0.717, 1.165) is 37.1 Å². The van der Waals surface area contributed by atoms with Gasteiger partial charge in [0.05, 0.1) is 0 Å². The van der Waals surface area contributed by atoms with E-state index in [2.05, 4.69) is 0 Å². The quantitative estimate of drug-likeness (QED) is 0.725. The van der Waals surface area contributed by atoms with Gasteiger partial charge in [0.2, 0.25) is 0 Å². The molecule has 0 spiro atoms. The first-order valence-electron chi connectivity index (χ1n) is 6.64. The van der Waals surface area contributed by atoms with Gasteiger partial charge in [0.25, 0.3) is 5.91 Å².